The van der Waals surface area contributed by atoms with Crippen molar-refractivity contribution in [2.24, 2.45) is 5.92 Å². The molecule has 1 unspecified atom stereocenters. The minimum Gasteiger partial charge on any atom is -0.347 e. The molecule has 0 saturated heterocycles. The molecule has 20 heavy (non-hydrogen) atoms. The molecule has 0 spiro atoms. The monoisotopic (exact) mass is 279 g/mol. The number of rotatable bonds is 4. The summed E-state index contributed by atoms with van der Waals surface area (Å²) < 4.78 is 13.0. The van der Waals surface area contributed by atoms with E-state index in [0.29, 0.717) is 6.07 Å². The first kappa shape index (κ1) is 15.2. The highest BCUT2D eigenvalue weighted by Gasteiger charge is 2.33. The van der Waals surface area contributed by atoms with Gasteiger partial charge in [0.2, 0.25) is 5.91 Å². The van der Waals surface area contributed by atoms with Crippen molar-refractivity contribution in [2.45, 2.75) is 0 Å². The van der Waals surface area contributed by atoms with Gasteiger partial charge in [-0.1, -0.05) is 0 Å². The Morgan fingerprint density at radius 3 is 2.50 bits per heavy atom. The molecule has 0 aliphatic heterocycles. The maximum atomic E-state index is 13.0. The van der Waals surface area contributed by atoms with Crippen LogP contribution in [0.15, 0.2) is 18.2 Å². The number of hydrogen-bond donors (Lipinski definition) is 0. The first-order valence-corrected chi connectivity index (χ1v) is 5.38. The van der Waals surface area contributed by atoms with Crippen LogP contribution in [0.3, 0.4) is 0 Å². The van der Waals surface area contributed by atoms with Crippen molar-refractivity contribution in [3.05, 3.63) is 39.7 Å². The second-order valence-electron chi connectivity index (χ2n) is 4.08. The minimum atomic E-state index is -1.70. The molecule has 0 aromatic heterocycles. The van der Waals surface area contributed by atoms with Crippen LogP contribution in [0, 0.1) is 33.2 Å². The molecule has 7 nitrogen and oxygen atoms in total. The van der Waals surface area contributed by atoms with Crippen molar-refractivity contribution in [3.8, 4) is 6.07 Å². The molecule has 8 heteroatoms. The topological polar surface area (TPSA) is 104 Å². The Labute approximate surface area is 113 Å². The fourth-order valence-electron chi connectivity index (χ4n) is 1.50. The Hall–Kier alpha value is -2.82. The number of carbonyl (C=O) groups excluding carboxylic acids is 2. The van der Waals surface area contributed by atoms with Crippen LogP contribution in [-0.4, -0.2) is 35.6 Å². The van der Waals surface area contributed by atoms with Gasteiger partial charge in [-0.05, 0) is 12.1 Å². The summed E-state index contributed by atoms with van der Waals surface area (Å²) in [5, 5.41) is 19.7. The van der Waals surface area contributed by atoms with E-state index in [2.05, 4.69) is 0 Å². The number of amides is 1. The summed E-state index contributed by atoms with van der Waals surface area (Å²) in [5.41, 5.74) is -1.25. The van der Waals surface area contributed by atoms with Gasteiger partial charge in [-0.25, -0.2) is 4.39 Å². The molecule has 0 heterocycles. The van der Waals surface area contributed by atoms with E-state index < -0.39 is 39.6 Å². The van der Waals surface area contributed by atoms with E-state index in [1.165, 1.54) is 20.2 Å². The molecule has 0 fully saturated rings. The Kier molecular flexibility index (Phi) is 4.48. The quantitative estimate of drug-likeness (QED) is 0.356. The Bertz CT molecular complexity index is 622. The van der Waals surface area contributed by atoms with Gasteiger partial charge < -0.3 is 4.90 Å². The fourth-order valence-corrected chi connectivity index (χ4v) is 1.50. The molecular weight excluding hydrogens is 269 g/mol. The average molecular weight is 279 g/mol. The molecule has 104 valence electrons. The van der Waals surface area contributed by atoms with E-state index in [9.17, 15) is 24.1 Å². The minimum absolute atomic E-state index is 0.474. The zero-order valence-electron chi connectivity index (χ0n) is 10.7. The van der Waals surface area contributed by atoms with Crippen molar-refractivity contribution < 1.29 is 18.9 Å². The summed E-state index contributed by atoms with van der Waals surface area (Å²) in [6.07, 6.45) is 0. The van der Waals surface area contributed by atoms with Crippen LogP contribution in [0.25, 0.3) is 0 Å². The van der Waals surface area contributed by atoms with Gasteiger partial charge in [-0.2, -0.15) is 5.26 Å². The highest BCUT2D eigenvalue weighted by molar-refractivity contribution is 6.13. The molecule has 1 rings (SSSR count). The largest absolute Gasteiger partial charge is 0.347 e. The number of halogens is 1. The number of nitriles is 1. The van der Waals surface area contributed by atoms with Crippen LogP contribution in [0.2, 0.25) is 0 Å². The number of Topliss-reactive ketones (excluding diaryl/α,β-unsaturated/α-hetero) is 1. The van der Waals surface area contributed by atoms with E-state index >= 15 is 0 Å². The maximum Gasteiger partial charge on any atom is 0.283 e. The van der Waals surface area contributed by atoms with E-state index in [4.69, 9.17) is 5.26 Å². The summed E-state index contributed by atoms with van der Waals surface area (Å²) >= 11 is 0. The molecule has 0 radical (unpaired) electrons. The number of nitrogens with zero attached hydrogens (tertiary/aromatic N) is 3. The number of hydrogen-bond acceptors (Lipinski definition) is 5. The third kappa shape index (κ3) is 2.95. The summed E-state index contributed by atoms with van der Waals surface area (Å²) in [6.45, 7) is 0. The lowest BCUT2D eigenvalue weighted by Gasteiger charge is -2.14. The van der Waals surface area contributed by atoms with Gasteiger partial charge in [0.25, 0.3) is 5.69 Å². The molecule has 1 aromatic rings. The molecule has 0 aliphatic carbocycles. The van der Waals surface area contributed by atoms with Crippen LogP contribution >= 0.6 is 0 Å². The first-order chi connectivity index (χ1) is 9.29. The zero-order valence-corrected chi connectivity index (χ0v) is 10.7. The van der Waals surface area contributed by atoms with E-state index in [1.54, 1.807) is 0 Å². The predicted molar refractivity (Wildman–Crippen MR) is 65.2 cm³/mol. The lowest BCUT2D eigenvalue weighted by Crippen LogP contribution is -2.34. The normalized spacial score (nSPS) is 11.3. The Morgan fingerprint density at radius 1 is 1.45 bits per heavy atom. The molecule has 0 aliphatic rings. The summed E-state index contributed by atoms with van der Waals surface area (Å²) in [4.78, 5) is 34.6. The smallest absolute Gasteiger partial charge is 0.283 e. The van der Waals surface area contributed by atoms with Gasteiger partial charge in [0.15, 0.2) is 11.7 Å². The number of benzene rings is 1. The van der Waals surface area contributed by atoms with Crippen LogP contribution in [0.4, 0.5) is 10.1 Å². The van der Waals surface area contributed by atoms with Crippen LogP contribution in [-0.2, 0) is 4.79 Å². The lowest BCUT2D eigenvalue weighted by molar-refractivity contribution is -0.385. The number of ketones is 1. The maximum absolute atomic E-state index is 13.0. The first-order valence-electron chi connectivity index (χ1n) is 5.38. The highest BCUT2D eigenvalue weighted by atomic mass is 19.1. The van der Waals surface area contributed by atoms with Gasteiger partial charge in [0, 0.05) is 14.1 Å². The number of nitro benzene ring substituents is 1. The van der Waals surface area contributed by atoms with Crippen LogP contribution < -0.4 is 0 Å². The van der Waals surface area contributed by atoms with Gasteiger partial charge in [0.05, 0.1) is 22.6 Å². The van der Waals surface area contributed by atoms with Gasteiger partial charge >= 0.3 is 0 Å². The standard InChI is InChI=1S/C12H10FN3O4/c1-15(2)12(18)9(6-14)11(17)8-4-3-7(13)5-10(8)16(19)20/h3-5,9H,1-2H3. The lowest BCUT2D eigenvalue weighted by atomic mass is 9.96. The second kappa shape index (κ2) is 5.88. The molecule has 1 amide bonds. The zero-order chi connectivity index (χ0) is 15.4. The van der Waals surface area contributed by atoms with Crippen molar-refractivity contribution in [1.82, 2.24) is 4.90 Å². The van der Waals surface area contributed by atoms with Crippen molar-refractivity contribution in [1.29, 1.82) is 5.26 Å². The van der Waals surface area contributed by atoms with Crippen LogP contribution in [0.5, 0.6) is 0 Å². The summed E-state index contributed by atoms with van der Waals surface area (Å²) in [5.74, 6) is -4.41. The van der Waals surface area contributed by atoms with E-state index in [0.717, 1.165) is 17.0 Å². The average Bonchev–Trinajstić information content (AvgIpc) is 2.38. The molecule has 1 aromatic carbocycles. The van der Waals surface area contributed by atoms with E-state index in [1.807, 2.05) is 0 Å². The molecule has 0 N–H and O–H groups in total. The summed E-state index contributed by atoms with van der Waals surface area (Å²) in [6, 6.07) is 3.82. The second-order valence-corrected chi connectivity index (χ2v) is 4.08. The third-order valence-electron chi connectivity index (χ3n) is 2.50. The van der Waals surface area contributed by atoms with E-state index in [-0.39, 0.29) is 0 Å². The number of carbonyl (C=O) groups is 2. The molecule has 1 atom stereocenters. The number of nitro groups is 1. The SMILES string of the molecule is CN(C)C(=O)C(C#N)C(=O)c1ccc(F)cc1[N+](=O)[O-]. The highest BCUT2D eigenvalue weighted by Crippen LogP contribution is 2.23. The Balaban J connectivity index is 3.31. The van der Waals surface area contributed by atoms with Crippen LogP contribution in [0.1, 0.15) is 10.4 Å². The van der Waals surface area contributed by atoms with Gasteiger partial charge in [-0.3, -0.25) is 19.7 Å². The van der Waals surface area contributed by atoms with Crippen molar-refractivity contribution in [2.75, 3.05) is 14.1 Å². The van der Waals surface area contributed by atoms with Gasteiger partial charge in [-0.15, -0.1) is 0 Å². The molecule has 0 bridgehead atoms. The fraction of sp³-hybridized carbons (Fsp3) is 0.250. The van der Waals surface area contributed by atoms with Crippen molar-refractivity contribution >= 4 is 17.4 Å². The molecular formula is C12H10FN3O4. The third-order valence-corrected chi connectivity index (χ3v) is 2.50. The molecule has 0 saturated carbocycles. The Morgan fingerprint density at radius 2 is 2.05 bits per heavy atom. The van der Waals surface area contributed by atoms with Crippen molar-refractivity contribution in [3.63, 3.8) is 0 Å². The summed E-state index contributed by atoms with van der Waals surface area (Å²) in [7, 11) is 2.69. The predicted octanol–water partition coefficient (Wildman–Crippen LogP) is 1.14. The van der Waals surface area contributed by atoms with Gasteiger partial charge in [0.1, 0.15) is 5.82 Å².